The Morgan fingerprint density at radius 2 is 2.16 bits per heavy atom. The fraction of sp³-hybridized carbons (Fsp3) is 0.467. The first-order valence-corrected chi connectivity index (χ1v) is 6.75. The molecule has 4 heteroatoms. The molecule has 1 atom stereocenters. The highest BCUT2D eigenvalue weighted by atomic mass is 16.2. The van der Waals surface area contributed by atoms with Crippen molar-refractivity contribution in [3.8, 4) is 0 Å². The molecule has 2 rings (SSSR count). The van der Waals surface area contributed by atoms with Crippen molar-refractivity contribution in [1.82, 2.24) is 10.2 Å². The topological polar surface area (TPSA) is 49.4 Å². The van der Waals surface area contributed by atoms with Crippen LogP contribution in [0.5, 0.6) is 0 Å². The smallest absolute Gasteiger partial charge is 0.243 e. The second-order valence-corrected chi connectivity index (χ2v) is 4.88. The van der Waals surface area contributed by atoms with E-state index in [1.54, 1.807) is 4.90 Å². The summed E-state index contributed by atoms with van der Waals surface area (Å²) in [5.74, 6) is 0.0366. The van der Waals surface area contributed by atoms with Crippen LogP contribution >= 0.6 is 0 Å². The van der Waals surface area contributed by atoms with E-state index in [9.17, 15) is 9.59 Å². The Morgan fingerprint density at radius 1 is 1.42 bits per heavy atom. The summed E-state index contributed by atoms with van der Waals surface area (Å²) in [4.78, 5) is 25.4. The van der Waals surface area contributed by atoms with Gasteiger partial charge in [-0.3, -0.25) is 9.59 Å². The molecule has 1 aliphatic heterocycles. The quantitative estimate of drug-likeness (QED) is 0.894. The summed E-state index contributed by atoms with van der Waals surface area (Å²) in [7, 11) is 0. The van der Waals surface area contributed by atoms with Crippen LogP contribution in [-0.2, 0) is 16.1 Å². The SMILES string of the molecule is CCN1C(=O)CC[C@H]1C(=O)NCc1ccccc1C. The summed E-state index contributed by atoms with van der Waals surface area (Å²) in [6.07, 6.45) is 1.11. The zero-order valence-corrected chi connectivity index (χ0v) is 11.5. The van der Waals surface area contributed by atoms with Crippen LogP contribution in [0.15, 0.2) is 24.3 Å². The van der Waals surface area contributed by atoms with Gasteiger partial charge in [0.2, 0.25) is 11.8 Å². The highest BCUT2D eigenvalue weighted by molar-refractivity contribution is 5.90. The molecule has 1 fully saturated rings. The minimum atomic E-state index is -0.290. The first-order valence-electron chi connectivity index (χ1n) is 6.75. The molecule has 0 aromatic heterocycles. The molecule has 1 aliphatic rings. The van der Waals surface area contributed by atoms with Gasteiger partial charge in [0, 0.05) is 19.5 Å². The van der Waals surface area contributed by atoms with Gasteiger partial charge in [-0.05, 0) is 31.4 Å². The van der Waals surface area contributed by atoms with Crippen LogP contribution in [0.3, 0.4) is 0 Å². The van der Waals surface area contributed by atoms with E-state index < -0.39 is 0 Å². The van der Waals surface area contributed by atoms with Gasteiger partial charge in [0.05, 0.1) is 0 Å². The van der Waals surface area contributed by atoms with Gasteiger partial charge in [-0.1, -0.05) is 24.3 Å². The predicted molar refractivity (Wildman–Crippen MR) is 73.4 cm³/mol. The first kappa shape index (κ1) is 13.6. The zero-order chi connectivity index (χ0) is 13.8. The van der Waals surface area contributed by atoms with Gasteiger partial charge in [0.15, 0.2) is 0 Å². The van der Waals surface area contributed by atoms with E-state index in [4.69, 9.17) is 0 Å². The third kappa shape index (κ3) is 2.95. The lowest BCUT2D eigenvalue weighted by atomic mass is 10.1. The number of nitrogens with zero attached hydrogens (tertiary/aromatic N) is 1. The van der Waals surface area contributed by atoms with E-state index in [2.05, 4.69) is 5.32 Å². The van der Waals surface area contributed by atoms with Crippen LogP contribution < -0.4 is 5.32 Å². The highest BCUT2D eigenvalue weighted by Gasteiger charge is 2.34. The molecule has 102 valence electrons. The molecule has 0 radical (unpaired) electrons. The molecule has 4 nitrogen and oxygen atoms in total. The maximum Gasteiger partial charge on any atom is 0.243 e. The molecule has 0 unspecified atom stereocenters. The standard InChI is InChI=1S/C15H20N2O2/c1-3-17-13(8-9-14(17)18)15(19)16-10-12-7-5-4-6-11(12)2/h4-7,13H,3,8-10H2,1-2H3,(H,16,19)/t13-/m0/s1. The van der Waals surface area contributed by atoms with Gasteiger partial charge in [-0.15, -0.1) is 0 Å². The number of hydrogen-bond donors (Lipinski definition) is 1. The van der Waals surface area contributed by atoms with Crippen LogP contribution in [0, 0.1) is 6.92 Å². The number of rotatable bonds is 4. The molecule has 1 aromatic carbocycles. The van der Waals surface area contributed by atoms with Crippen molar-refractivity contribution in [3.63, 3.8) is 0 Å². The van der Waals surface area contributed by atoms with Gasteiger partial charge < -0.3 is 10.2 Å². The molecule has 2 amide bonds. The Bertz CT molecular complexity index is 485. The number of carbonyl (C=O) groups excluding carboxylic acids is 2. The molecule has 0 bridgehead atoms. The summed E-state index contributed by atoms with van der Waals surface area (Å²) >= 11 is 0. The number of likely N-dealkylation sites (tertiary alicyclic amines) is 1. The minimum absolute atomic E-state index is 0.0454. The Balaban J connectivity index is 1.95. The fourth-order valence-corrected chi connectivity index (χ4v) is 2.51. The van der Waals surface area contributed by atoms with Gasteiger partial charge in [0.25, 0.3) is 0 Å². The summed E-state index contributed by atoms with van der Waals surface area (Å²) in [6, 6.07) is 7.69. The normalized spacial score (nSPS) is 18.7. The van der Waals surface area contributed by atoms with Gasteiger partial charge in [0.1, 0.15) is 6.04 Å². The number of amides is 2. The second kappa shape index (κ2) is 5.87. The van der Waals surface area contributed by atoms with Gasteiger partial charge in [-0.2, -0.15) is 0 Å². The largest absolute Gasteiger partial charge is 0.350 e. The number of nitrogens with one attached hydrogen (secondary N) is 1. The number of carbonyl (C=O) groups is 2. The average Bonchev–Trinajstić information content (AvgIpc) is 2.78. The van der Waals surface area contributed by atoms with Gasteiger partial charge >= 0.3 is 0 Å². The molecule has 0 saturated carbocycles. The highest BCUT2D eigenvalue weighted by Crippen LogP contribution is 2.18. The average molecular weight is 260 g/mol. The Morgan fingerprint density at radius 3 is 2.84 bits per heavy atom. The number of benzene rings is 1. The van der Waals surface area contributed by atoms with E-state index in [1.807, 2.05) is 38.1 Å². The van der Waals surface area contributed by atoms with Crippen molar-refractivity contribution in [2.24, 2.45) is 0 Å². The van der Waals surface area contributed by atoms with Crippen molar-refractivity contribution < 1.29 is 9.59 Å². The molecule has 1 saturated heterocycles. The van der Waals surface area contributed by atoms with E-state index in [-0.39, 0.29) is 17.9 Å². The lowest BCUT2D eigenvalue weighted by Crippen LogP contribution is -2.44. The summed E-state index contributed by atoms with van der Waals surface area (Å²) < 4.78 is 0. The Labute approximate surface area is 113 Å². The van der Waals surface area contributed by atoms with Crippen molar-refractivity contribution in [2.45, 2.75) is 39.3 Å². The summed E-state index contributed by atoms with van der Waals surface area (Å²) in [6.45, 7) is 5.05. The summed E-state index contributed by atoms with van der Waals surface area (Å²) in [5, 5.41) is 2.93. The number of hydrogen-bond acceptors (Lipinski definition) is 2. The van der Waals surface area contributed by atoms with E-state index in [0.717, 1.165) is 11.1 Å². The predicted octanol–water partition coefficient (Wildman–Crippen LogP) is 1.62. The van der Waals surface area contributed by atoms with Crippen LogP contribution in [0.4, 0.5) is 0 Å². The minimum Gasteiger partial charge on any atom is -0.350 e. The maximum absolute atomic E-state index is 12.1. The molecule has 1 aromatic rings. The molecule has 1 heterocycles. The Kier molecular flexibility index (Phi) is 4.20. The molecule has 0 spiro atoms. The molecular weight excluding hydrogens is 240 g/mol. The van der Waals surface area contributed by atoms with Crippen molar-refractivity contribution in [3.05, 3.63) is 35.4 Å². The molecule has 0 aliphatic carbocycles. The monoisotopic (exact) mass is 260 g/mol. The van der Waals surface area contributed by atoms with Crippen LogP contribution in [-0.4, -0.2) is 29.3 Å². The van der Waals surface area contributed by atoms with Crippen LogP contribution in [0.1, 0.15) is 30.9 Å². The first-order chi connectivity index (χ1) is 9.13. The third-order valence-corrected chi connectivity index (χ3v) is 3.69. The number of aryl methyl sites for hydroxylation is 1. The molecule has 1 N–H and O–H groups in total. The van der Waals surface area contributed by atoms with E-state index in [1.165, 1.54) is 0 Å². The van der Waals surface area contributed by atoms with Crippen molar-refractivity contribution >= 4 is 11.8 Å². The van der Waals surface area contributed by atoms with Crippen LogP contribution in [0.2, 0.25) is 0 Å². The Hall–Kier alpha value is -1.84. The lowest BCUT2D eigenvalue weighted by Gasteiger charge is -2.22. The maximum atomic E-state index is 12.1. The van der Waals surface area contributed by atoms with E-state index in [0.29, 0.717) is 25.9 Å². The zero-order valence-electron chi connectivity index (χ0n) is 11.5. The van der Waals surface area contributed by atoms with E-state index >= 15 is 0 Å². The van der Waals surface area contributed by atoms with Crippen molar-refractivity contribution in [2.75, 3.05) is 6.54 Å². The third-order valence-electron chi connectivity index (χ3n) is 3.69. The van der Waals surface area contributed by atoms with Gasteiger partial charge in [-0.25, -0.2) is 0 Å². The van der Waals surface area contributed by atoms with Crippen molar-refractivity contribution in [1.29, 1.82) is 0 Å². The second-order valence-electron chi connectivity index (χ2n) is 4.88. The number of likely N-dealkylation sites (N-methyl/N-ethyl adjacent to an activating group) is 1. The van der Waals surface area contributed by atoms with Crippen LogP contribution in [0.25, 0.3) is 0 Å². The lowest BCUT2D eigenvalue weighted by molar-refractivity contribution is -0.135. The fourth-order valence-electron chi connectivity index (χ4n) is 2.51. The molecule has 19 heavy (non-hydrogen) atoms. The summed E-state index contributed by atoms with van der Waals surface area (Å²) in [5.41, 5.74) is 2.28. The molecular formula is C15H20N2O2.